The average Bonchev–Trinajstić information content (AvgIpc) is 2.65. The SMILES string of the molecule is CN=C(NCC1CN2CCN1CC2)NC(C)c1cccc(C(F)(F)F)c1.I. The van der Waals surface area contributed by atoms with Gasteiger partial charge in [0.05, 0.1) is 11.6 Å². The molecule has 3 saturated heterocycles. The third-order valence-corrected chi connectivity index (χ3v) is 5.19. The highest BCUT2D eigenvalue weighted by Crippen LogP contribution is 2.30. The summed E-state index contributed by atoms with van der Waals surface area (Å²) in [6, 6.07) is 5.57. The smallest absolute Gasteiger partial charge is 0.355 e. The van der Waals surface area contributed by atoms with E-state index < -0.39 is 11.7 Å². The van der Waals surface area contributed by atoms with E-state index in [9.17, 15) is 13.2 Å². The van der Waals surface area contributed by atoms with Gasteiger partial charge >= 0.3 is 6.18 Å². The van der Waals surface area contributed by atoms with Gasteiger partial charge in [-0.2, -0.15) is 13.2 Å². The second-order valence-electron chi connectivity index (χ2n) is 6.93. The molecule has 0 aromatic heterocycles. The fourth-order valence-corrected chi connectivity index (χ4v) is 3.60. The lowest BCUT2D eigenvalue weighted by atomic mass is 10.0. The summed E-state index contributed by atoms with van der Waals surface area (Å²) in [5, 5.41) is 6.50. The first-order valence-electron chi connectivity index (χ1n) is 8.97. The highest BCUT2D eigenvalue weighted by atomic mass is 127. The van der Waals surface area contributed by atoms with E-state index in [-0.39, 0.29) is 30.0 Å². The standard InChI is InChI=1S/C18H26F3N5.HI/c1-13(14-4-3-5-15(10-14)18(19,20)21)24-17(22-2)23-11-16-12-25-6-8-26(16)9-7-25;/h3-5,10,13,16H,6-9,11-12H2,1-2H3,(H2,22,23,24);1H. The lowest BCUT2D eigenvalue weighted by molar-refractivity contribution is -0.137. The molecule has 0 aliphatic carbocycles. The number of rotatable bonds is 4. The maximum Gasteiger partial charge on any atom is 0.416 e. The zero-order valence-corrected chi connectivity index (χ0v) is 17.9. The summed E-state index contributed by atoms with van der Waals surface area (Å²) in [6.07, 6.45) is -4.33. The molecule has 3 aliphatic heterocycles. The van der Waals surface area contributed by atoms with Gasteiger partial charge in [-0.15, -0.1) is 24.0 Å². The molecule has 3 aliphatic rings. The van der Waals surface area contributed by atoms with E-state index in [1.807, 2.05) is 6.92 Å². The minimum Gasteiger partial charge on any atom is -0.355 e. The molecule has 3 fully saturated rings. The second-order valence-corrected chi connectivity index (χ2v) is 6.93. The number of hydrogen-bond donors (Lipinski definition) is 2. The predicted octanol–water partition coefficient (Wildman–Crippen LogP) is 2.55. The topological polar surface area (TPSA) is 42.9 Å². The van der Waals surface area contributed by atoms with Crippen molar-refractivity contribution in [3.05, 3.63) is 35.4 Å². The number of fused-ring (bicyclic) bond motifs is 3. The van der Waals surface area contributed by atoms with Crippen molar-refractivity contribution in [3.63, 3.8) is 0 Å². The Hall–Kier alpha value is -1.07. The number of hydrogen-bond acceptors (Lipinski definition) is 3. The van der Waals surface area contributed by atoms with Crippen molar-refractivity contribution in [1.82, 2.24) is 20.4 Å². The molecule has 9 heteroatoms. The first kappa shape index (κ1) is 22.2. The van der Waals surface area contributed by atoms with Crippen molar-refractivity contribution in [2.45, 2.75) is 25.2 Å². The van der Waals surface area contributed by atoms with Crippen LogP contribution in [0.15, 0.2) is 29.3 Å². The molecule has 2 unspecified atom stereocenters. The van der Waals surface area contributed by atoms with E-state index in [0.717, 1.165) is 45.3 Å². The van der Waals surface area contributed by atoms with Gasteiger partial charge in [-0.1, -0.05) is 12.1 Å². The van der Waals surface area contributed by atoms with Crippen LogP contribution in [-0.4, -0.2) is 68.1 Å². The molecule has 0 amide bonds. The molecule has 1 aromatic carbocycles. The monoisotopic (exact) mass is 497 g/mol. The van der Waals surface area contributed by atoms with Crippen LogP contribution in [-0.2, 0) is 6.18 Å². The number of nitrogens with one attached hydrogen (secondary N) is 2. The van der Waals surface area contributed by atoms with Gasteiger partial charge < -0.3 is 10.6 Å². The third kappa shape index (κ3) is 5.71. The quantitative estimate of drug-likeness (QED) is 0.382. The molecule has 27 heavy (non-hydrogen) atoms. The van der Waals surface area contributed by atoms with Gasteiger partial charge in [0.15, 0.2) is 5.96 Å². The molecule has 0 spiro atoms. The van der Waals surface area contributed by atoms with Gasteiger partial charge in [0, 0.05) is 52.4 Å². The molecule has 5 nitrogen and oxygen atoms in total. The third-order valence-electron chi connectivity index (χ3n) is 5.19. The molecule has 2 N–H and O–H groups in total. The maximum absolute atomic E-state index is 12.9. The van der Waals surface area contributed by atoms with Gasteiger partial charge in [0.2, 0.25) is 0 Å². The zero-order valence-electron chi connectivity index (χ0n) is 15.6. The predicted molar refractivity (Wildman–Crippen MR) is 112 cm³/mol. The van der Waals surface area contributed by atoms with Gasteiger partial charge in [0.25, 0.3) is 0 Å². The first-order valence-corrected chi connectivity index (χ1v) is 8.97. The van der Waals surface area contributed by atoms with E-state index >= 15 is 0 Å². The zero-order chi connectivity index (χ0) is 18.7. The first-order chi connectivity index (χ1) is 12.4. The van der Waals surface area contributed by atoms with Gasteiger partial charge in [-0.05, 0) is 24.6 Å². The summed E-state index contributed by atoms with van der Waals surface area (Å²) in [4.78, 5) is 9.16. The summed E-state index contributed by atoms with van der Waals surface area (Å²) in [5.74, 6) is 0.604. The van der Waals surface area contributed by atoms with E-state index in [1.54, 1.807) is 13.1 Å². The Morgan fingerprint density at radius 2 is 1.96 bits per heavy atom. The van der Waals surface area contributed by atoms with Crippen molar-refractivity contribution in [2.75, 3.05) is 46.3 Å². The lowest BCUT2D eigenvalue weighted by Gasteiger charge is -2.47. The van der Waals surface area contributed by atoms with E-state index in [2.05, 4.69) is 25.4 Å². The average molecular weight is 497 g/mol. The number of alkyl halides is 3. The number of aliphatic imine (C=N–C) groups is 1. The number of nitrogens with zero attached hydrogens (tertiary/aromatic N) is 3. The fraction of sp³-hybridized carbons (Fsp3) is 0.611. The summed E-state index contributed by atoms with van der Waals surface area (Å²) >= 11 is 0. The minimum absolute atomic E-state index is 0. The van der Waals surface area contributed by atoms with Crippen LogP contribution in [0.1, 0.15) is 24.1 Å². The van der Waals surface area contributed by atoms with E-state index in [1.165, 1.54) is 12.1 Å². The highest BCUT2D eigenvalue weighted by molar-refractivity contribution is 14.0. The van der Waals surface area contributed by atoms with Crippen molar-refractivity contribution < 1.29 is 13.2 Å². The van der Waals surface area contributed by atoms with Crippen LogP contribution < -0.4 is 10.6 Å². The van der Waals surface area contributed by atoms with Crippen molar-refractivity contribution in [2.24, 2.45) is 4.99 Å². The van der Waals surface area contributed by atoms with Crippen LogP contribution in [0.5, 0.6) is 0 Å². The summed E-state index contributed by atoms with van der Waals surface area (Å²) < 4.78 is 38.7. The Morgan fingerprint density at radius 1 is 1.26 bits per heavy atom. The Morgan fingerprint density at radius 3 is 2.52 bits per heavy atom. The number of guanidine groups is 1. The second kappa shape index (κ2) is 9.42. The van der Waals surface area contributed by atoms with E-state index in [0.29, 0.717) is 17.6 Å². The number of halogens is 4. The van der Waals surface area contributed by atoms with Crippen LogP contribution in [0.2, 0.25) is 0 Å². The molecule has 152 valence electrons. The van der Waals surface area contributed by atoms with Crippen molar-refractivity contribution in [1.29, 1.82) is 0 Å². The molecule has 4 rings (SSSR count). The molecule has 0 saturated carbocycles. The summed E-state index contributed by atoms with van der Waals surface area (Å²) in [6.45, 7) is 8.11. The van der Waals surface area contributed by atoms with E-state index in [4.69, 9.17) is 0 Å². The molecule has 1 aromatic rings. The maximum atomic E-state index is 12.9. The molecule has 2 bridgehead atoms. The van der Waals surface area contributed by atoms with Gasteiger partial charge in [0.1, 0.15) is 0 Å². The Bertz CT molecular complexity index is 644. The van der Waals surface area contributed by atoms with Crippen LogP contribution in [0.4, 0.5) is 13.2 Å². The molecular weight excluding hydrogens is 470 g/mol. The van der Waals surface area contributed by atoms with Crippen LogP contribution in [0, 0.1) is 0 Å². The van der Waals surface area contributed by atoms with Crippen molar-refractivity contribution >= 4 is 29.9 Å². The van der Waals surface area contributed by atoms with Gasteiger partial charge in [-0.25, -0.2) is 0 Å². The number of benzene rings is 1. The molecule has 2 atom stereocenters. The Balaban J connectivity index is 0.00000261. The molecule has 0 radical (unpaired) electrons. The summed E-state index contributed by atoms with van der Waals surface area (Å²) in [7, 11) is 1.67. The molecular formula is C18H27F3IN5. The van der Waals surface area contributed by atoms with Crippen LogP contribution in [0.25, 0.3) is 0 Å². The highest BCUT2D eigenvalue weighted by Gasteiger charge is 2.32. The summed E-state index contributed by atoms with van der Waals surface area (Å²) in [5.41, 5.74) is -0.0546. The lowest BCUT2D eigenvalue weighted by Crippen LogP contribution is -2.63. The van der Waals surface area contributed by atoms with Crippen molar-refractivity contribution in [3.8, 4) is 0 Å². The molecule has 3 heterocycles. The van der Waals surface area contributed by atoms with Crippen LogP contribution >= 0.6 is 24.0 Å². The Kier molecular flexibility index (Phi) is 7.75. The fourth-order valence-electron chi connectivity index (χ4n) is 3.60. The normalized spacial score (nSPS) is 26.3. The van der Waals surface area contributed by atoms with Crippen LogP contribution in [0.3, 0.4) is 0 Å². The minimum atomic E-state index is -4.33. The van der Waals surface area contributed by atoms with Gasteiger partial charge in [-0.3, -0.25) is 14.8 Å². The number of piperazine rings is 3. The largest absolute Gasteiger partial charge is 0.416 e. The Labute approximate surface area is 175 Å².